The highest BCUT2D eigenvalue weighted by atomic mass is 16.4. The van der Waals surface area contributed by atoms with Gasteiger partial charge in [-0.2, -0.15) is 0 Å². The SMILES string of the molecule is CCC(C)C(N)C(=O)NC(CC(C)C)C(=O)NC(CCCCN)C(=O)NC(C(=O)O)C(C)CC. The quantitative estimate of drug-likeness (QED) is 0.167. The molecule has 0 heterocycles. The van der Waals surface area contributed by atoms with Gasteiger partial charge in [-0.3, -0.25) is 14.4 Å². The highest BCUT2D eigenvalue weighted by Gasteiger charge is 2.32. The third-order valence-electron chi connectivity index (χ3n) is 6.26. The van der Waals surface area contributed by atoms with Crippen molar-refractivity contribution in [1.29, 1.82) is 0 Å². The molecule has 0 saturated carbocycles. The van der Waals surface area contributed by atoms with E-state index in [9.17, 15) is 24.3 Å². The Morgan fingerprint density at radius 2 is 1.32 bits per heavy atom. The summed E-state index contributed by atoms with van der Waals surface area (Å²) in [6.45, 7) is 11.7. The Morgan fingerprint density at radius 3 is 1.79 bits per heavy atom. The fourth-order valence-electron chi connectivity index (χ4n) is 3.45. The third-order valence-corrected chi connectivity index (χ3v) is 6.26. The average molecular weight is 486 g/mol. The zero-order valence-electron chi connectivity index (χ0n) is 21.7. The van der Waals surface area contributed by atoms with Gasteiger partial charge in [0.1, 0.15) is 18.1 Å². The Morgan fingerprint density at radius 1 is 0.794 bits per heavy atom. The summed E-state index contributed by atoms with van der Waals surface area (Å²) < 4.78 is 0. The first-order chi connectivity index (χ1) is 15.9. The molecule has 0 spiro atoms. The molecule has 0 aromatic rings. The maximum absolute atomic E-state index is 13.1. The van der Waals surface area contributed by atoms with E-state index in [0.29, 0.717) is 38.6 Å². The molecule has 10 heteroatoms. The number of amides is 3. The minimum Gasteiger partial charge on any atom is -0.480 e. The summed E-state index contributed by atoms with van der Waals surface area (Å²) >= 11 is 0. The molecule has 0 aliphatic carbocycles. The van der Waals surface area contributed by atoms with Crippen molar-refractivity contribution in [2.75, 3.05) is 6.54 Å². The van der Waals surface area contributed by atoms with Crippen LogP contribution in [-0.4, -0.2) is 59.5 Å². The van der Waals surface area contributed by atoms with Crippen molar-refractivity contribution in [2.24, 2.45) is 29.2 Å². The highest BCUT2D eigenvalue weighted by molar-refractivity contribution is 5.94. The van der Waals surface area contributed by atoms with Crippen molar-refractivity contribution < 1.29 is 24.3 Å². The molecule has 0 fully saturated rings. The van der Waals surface area contributed by atoms with Crippen molar-refractivity contribution in [1.82, 2.24) is 16.0 Å². The van der Waals surface area contributed by atoms with Crippen molar-refractivity contribution in [3.05, 3.63) is 0 Å². The predicted molar refractivity (Wildman–Crippen MR) is 133 cm³/mol. The standard InChI is InChI=1S/C24H47N5O5/c1-7-15(5)19(26)23(32)28-18(13-14(3)4)22(31)27-17(11-9-10-12-25)21(30)29-20(24(33)34)16(6)8-2/h14-20H,7-13,25-26H2,1-6H3,(H,27,31)(H,28,32)(H,29,30)(H,33,34). The van der Waals surface area contributed by atoms with Crippen LogP contribution in [0.5, 0.6) is 0 Å². The summed E-state index contributed by atoms with van der Waals surface area (Å²) in [6, 6.07) is -3.62. The van der Waals surface area contributed by atoms with E-state index < -0.39 is 47.9 Å². The van der Waals surface area contributed by atoms with Gasteiger partial charge in [0.25, 0.3) is 0 Å². The number of hydrogen-bond acceptors (Lipinski definition) is 6. The molecule has 0 saturated heterocycles. The number of unbranched alkanes of at least 4 members (excludes halogenated alkanes) is 1. The van der Waals surface area contributed by atoms with Gasteiger partial charge in [0, 0.05) is 0 Å². The van der Waals surface area contributed by atoms with E-state index in [1.165, 1.54) is 0 Å². The number of rotatable bonds is 17. The zero-order chi connectivity index (χ0) is 26.4. The van der Waals surface area contributed by atoms with Crippen LogP contribution >= 0.6 is 0 Å². The van der Waals surface area contributed by atoms with Gasteiger partial charge < -0.3 is 32.5 Å². The number of nitrogens with two attached hydrogens (primary N) is 2. The van der Waals surface area contributed by atoms with Gasteiger partial charge in [0.05, 0.1) is 6.04 Å². The summed E-state index contributed by atoms with van der Waals surface area (Å²) in [5, 5.41) is 17.6. The number of nitrogens with one attached hydrogen (secondary N) is 3. The fourth-order valence-corrected chi connectivity index (χ4v) is 3.45. The number of carbonyl (C=O) groups is 4. The van der Waals surface area contributed by atoms with Crippen LogP contribution in [0.3, 0.4) is 0 Å². The molecule has 198 valence electrons. The minimum absolute atomic E-state index is 0.0499. The van der Waals surface area contributed by atoms with Crippen LogP contribution in [0.15, 0.2) is 0 Å². The molecule has 6 atom stereocenters. The molecule has 0 aliphatic rings. The van der Waals surface area contributed by atoms with E-state index in [0.717, 1.165) is 6.42 Å². The molecule has 0 aromatic carbocycles. The van der Waals surface area contributed by atoms with Gasteiger partial charge in [0.2, 0.25) is 17.7 Å². The highest BCUT2D eigenvalue weighted by Crippen LogP contribution is 2.12. The minimum atomic E-state index is -1.13. The number of carboxylic acids is 1. The topological polar surface area (TPSA) is 177 Å². The van der Waals surface area contributed by atoms with Crippen LogP contribution in [0.4, 0.5) is 0 Å². The van der Waals surface area contributed by atoms with Gasteiger partial charge in [-0.25, -0.2) is 4.79 Å². The summed E-state index contributed by atoms with van der Waals surface area (Å²) in [5.74, 6) is -2.84. The van der Waals surface area contributed by atoms with Crippen LogP contribution in [0.25, 0.3) is 0 Å². The molecule has 3 amide bonds. The molecule has 0 bridgehead atoms. The van der Waals surface area contributed by atoms with Crippen molar-refractivity contribution >= 4 is 23.7 Å². The molecule has 0 rings (SSSR count). The monoisotopic (exact) mass is 485 g/mol. The summed E-state index contributed by atoms with van der Waals surface area (Å²) in [6.07, 6.45) is 3.20. The Balaban J connectivity index is 5.59. The molecule has 34 heavy (non-hydrogen) atoms. The fraction of sp³-hybridized carbons (Fsp3) is 0.833. The first-order valence-electron chi connectivity index (χ1n) is 12.5. The van der Waals surface area contributed by atoms with Gasteiger partial charge in [0.15, 0.2) is 0 Å². The lowest BCUT2D eigenvalue weighted by atomic mass is 9.97. The molecule has 10 nitrogen and oxygen atoms in total. The second kappa shape index (κ2) is 16.4. The summed E-state index contributed by atoms with van der Waals surface area (Å²) in [5.41, 5.74) is 11.6. The van der Waals surface area contributed by atoms with Crippen LogP contribution in [0.2, 0.25) is 0 Å². The van der Waals surface area contributed by atoms with Gasteiger partial charge in [-0.05, 0) is 50.0 Å². The van der Waals surface area contributed by atoms with E-state index in [1.54, 1.807) is 6.92 Å². The Hall–Kier alpha value is -2.20. The predicted octanol–water partition coefficient (Wildman–Crippen LogP) is 1.12. The Bertz CT molecular complexity index is 658. The number of hydrogen-bond donors (Lipinski definition) is 6. The van der Waals surface area contributed by atoms with Crippen molar-refractivity contribution in [2.45, 2.75) is 104 Å². The van der Waals surface area contributed by atoms with Crippen molar-refractivity contribution in [3.63, 3.8) is 0 Å². The molecule has 0 aromatic heterocycles. The molecule has 8 N–H and O–H groups in total. The molecular weight excluding hydrogens is 438 g/mol. The Kier molecular flexibility index (Phi) is 15.4. The molecular formula is C24H47N5O5. The van der Waals surface area contributed by atoms with E-state index in [4.69, 9.17) is 11.5 Å². The number of carbonyl (C=O) groups excluding carboxylic acids is 3. The first kappa shape index (κ1) is 31.8. The summed E-state index contributed by atoms with van der Waals surface area (Å²) in [4.78, 5) is 50.4. The number of carboxylic acid groups (broad SMARTS) is 1. The second-order valence-electron chi connectivity index (χ2n) is 9.66. The van der Waals surface area contributed by atoms with Crippen molar-refractivity contribution in [3.8, 4) is 0 Å². The first-order valence-corrected chi connectivity index (χ1v) is 12.5. The normalized spacial score (nSPS) is 16.6. The smallest absolute Gasteiger partial charge is 0.326 e. The Labute approximate surface area is 204 Å². The molecule has 0 radical (unpaired) electrons. The van der Waals surface area contributed by atoms with E-state index >= 15 is 0 Å². The molecule has 6 unspecified atom stereocenters. The second-order valence-corrected chi connectivity index (χ2v) is 9.66. The average Bonchev–Trinajstić information content (AvgIpc) is 2.78. The maximum atomic E-state index is 13.1. The van der Waals surface area contributed by atoms with Gasteiger partial charge in [-0.15, -0.1) is 0 Å². The zero-order valence-corrected chi connectivity index (χ0v) is 21.7. The van der Waals surface area contributed by atoms with E-state index in [2.05, 4.69) is 16.0 Å². The van der Waals surface area contributed by atoms with Crippen LogP contribution in [0.1, 0.15) is 80.1 Å². The van der Waals surface area contributed by atoms with Crippen LogP contribution < -0.4 is 27.4 Å². The summed E-state index contributed by atoms with van der Waals surface area (Å²) in [7, 11) is 0. The van der Waals surface area contributed by atoms with Crippen LogP contribution in [-0.2, 0) is 19.2 Å². The van der Waals surface area contributed by atoms with E-state index in [1.807, 2.05) is 34.6 Å². The van der Waals surface area contributed by atoms with Gasteiger partial charge in [-0.1, -0.05) is 54.4 Å². The molecule has 0 aliphatic heterocycles. The van der Waals surface area contributed by atoms with Gasteiger partial charge >= 0.3 is 5.97 Å². The van der Waals surface area contributed by atoms with E-state index in [-0.39, 0.29) is 17.8 Å². The maximum Gasteiger partial charge on any atom is 0.326 e. The number of aliphatic carboxylic acids is 1. The lowest BCUT2D eigenvalue weighted by Gasteiger charge is -2.27. The third kappa shape index (κ3) is 11.3. The van der Waals surface area contributed by atoms with Crippen LogP contribution in [0, 0.1) is 17.8 Å². The lowest BCUT2D eigenvalue weighted by molar-refractivity contribution is -0.144. The lowest BCUT2D eigenvalue weighted by Crippen LogP contribution is -2.58. The largest absolute Gasteiger partial charge is 0.480 e.